The first-order valence-corrected chi connectivity index (χ1v) is 9.75. The van der Waals surface area contributed by atoms with E-state index in [0.717, 1.165) is 29.4 Å². The van der Waals surface area contributed by atoms with Crippen LogP contribution < -0.4 is 0 Å². The molecule has 1 fully saturated rings. The Hall–Kier alpha value is -3.19. The van der Waals surface area contributed by atoms with Crippen molar-refractivity contribution in [3.8, 4) is 0 Å². The van der Waals surface area contributed by atoms with Crippen molar-refractivity contribution in [3.63, 3.8) is 0 Å². The molecule has 7 nitrogen and oxygen atoms in total. The van der Waals surface area contributed by atoms with Gasteiger partial charge < -0.3 is 19.7 Å². The van der Waals surface area contributed by atoms with Gasteiger partial charge in [-0.1, -0.05) is 12.1 Å². The summed E-state index contributed by atoms with van der Waals surface area (Å²) in [4.78, 5) is 30.3. The molecule has 2 heterocycles. The fourth-order valence-corrected chi connectivity index (χ4v) is 4.00. The molecule has 2 N–H and O–H groups in total. The number of likely N-dealkylation sites (tertiary alicyclic amines) is 1. The van der Waals surface area contributed by atoms with Crippen LogP contribution in [-0.4, -0.2) is 56.2 Å². The van der Waals surface area contributed by atoms with Gasteiger partial charge in [0.05, 0.1) is 29.5 Å². The zero-order valence-electron chi connectivity index (χ0n) is 16.0. The number of aromatic nitrogens is 2. The van der Waals surface area contributed by atoms with Crippen LogP contribution in [0, 0.1) is 0 Å². The van der Waals surface area contributed by atoms with E-state index >= 15 is 0 Å². The Bertz CT molecular complexity index is 1040. The number of rotatable bonds is 5. The smallest absolute Gasteiger partial charge is 0.335 e. The molecular formula is C22H23N3O4. The number of carboxylic acid groups (broad SMARTS) is 1. The second kappa shape index (κ2) is 8.05. The van der Waals surface area contributed by atoms with Crippen LogP contribution in [0.25, 0.3) is 11.0 Å². The SMILES string of the molecule is O=C(O)c1ccc([C@H]2CCCN(C(=O)c3ccc4c(c3)ncn4CCO)C2)cc1. The van der Waals surface area contributed by atoms with E-state index in [9.17, 15) is 9.59 Å². The van der Waals surface area contributed by atoms with Crippen LogP contribution in [0.15, 0.2) is 48.8 Å². The highest BCUT2D eigenvalue weighted by molar-refractivity contribution is 5.97. The molecule has 1 aromatic heterocycles. The molecule has 0 bridgehead atoms. The molecular weight excluding hydrogens is 370 g/mol. The summed E-state index contributed by atoms with van der Waals surface area (Å²) in [6.07, 6.45) is 3.55. The molecule has 0 aliphatic carbocycles. The lowest BCUT2D eigenvalue weighted by Crippen LogP contribution is -2.39. The van der Waals surface area contributed by atoms with Gasteiger partial charge in [0.1, 0.15) is 0 Å². The third-order valence-electron chi connectivity index (χ3n) is 5.55. The summed E-state index contributed by atoms with van der Waals surface area (Å²) in [6.45, 7) is 1.83. The van der Waals surface area contributed by atoms with E-state index in [-0.39, 0.29) is 24.0 Å². The first kappa shape index (κ1) is 19.1. The molecule has 0 spiro atoms. The van der Waals surface area contributed by atoms with Crippen LogP contribution in [0.2, 0.25) is 0 Å². The minimum atomic E-state index is -0.936. The largest absolute Gasteiger partial charge is 0.478 e. The van der Waals surface area contributed by atoms with E-state index < -0.39 is 5.97 Å². The fraction of sp³-hybridized carbons (Fsp3) is 0.318. The molecule has 29 heavy (non-hydrogen) atoms. The number of nitrogens with zero attached hydrogens (tertiary/aromatic N) is 3. The molecule has 1 amide bonds. The number of amides is 1. The van der Waals surface area contributed by atoms with Gasteiger partial charge in [0.15, 0.2) is 0 Å². The lowest BCUT2D eigenvalue weighted by Gasteiger charge is -2.33. The molecule has 1 aliphatic rings. The van der Waals surface area contributed by atoms with Crippen LogP contribution in [0.5, 0.6) is 0 Å². The predicted molar refractivity (Wildman–Crippen MR) is 108 cm³/mol. The average molecular weight is 393 g/mol. The van der Waals surface area contributed by atoms with E-state index in [0.29, 0.717) is 25.2 Å². The van der Waals surface area contributed by atoms with Crippen LogP contribution in [0.1, 0.15) is 45.0 Å². The number of hydrogen-bond acceptors (Lipinski definition) is 4. The van der Waals surface area contributed by atoms with Gasteiger partial charge >= 0.3 is 5.97 Å². The maximum Gasteiger partial charge on any atom is 0.335 e. The van der Waals surface area contributed by atoms with Gasteiger partial charge in [0.2, 0.25) is 0 Å². The van der Waals surface area contributed by atoms with Crippen molar-refractivity contribution < 1.29 is 19.8 Å². The van der Waals surface area contributed by atoms with Crippen LogP contribution >= 0.6 is 0 Å². The number of benzene rings is 2. The summed E-state index contributed by atoms with van der Waals surface area (Å²) < 4.78 is 1.86. The molecule has 150 valence electrons. The fourth-order valence-electron chi connectivity index (χ4n) is 4.00. The molecule has 1 aliphatic heterocycles. The summed E-state index contributed by atoms with van der Waals surface area (Å²) in [5.41, 5.74) is 3.57. The number of aliphatic hydroxyl groups is 1. The molecule has 0 saturated carbocycles. The van der Waals surface area contributed by atoms with E-state index in [1.165, 1.54) is 0 Å². The highest BCUT2D eigenvalue weighted by Crippen LogP contribution is 2.28. The lowest BCUT2D eigenvalue weighted by atomic mass is 9.90. The summed E-state index contributed by atoms with van der Waals surface area (Å²) >= 11 is 0. The lowest BCUT2D eigenvalue weighted by molar-refractivity contribution is 0.0693. The van der Waals surface area contributed by atoms with Crippen molar-refractivity contribution in [2.45, 2.75) is 25.3 Å². The maximum absolute atomic E-state index is 13.1. The van der Waals surface area contributed by atoms with Crippen molar-refractivity contribution in [2.24, 2.45) is 0 Å². The Labute approximate surface area is 168 Å². The number of hydrogen-bond donors (Lipinski definition) is 2. The molecule has 4 rings (SSSR count). The number of fused-ring (bicyclic) bond motifs is 1. The maximum atomic E-state index is 13.1. The van der Waals surface area contributed by atoms with Crippen molar-refractivity contribution in [2.75, 3.05) is 19.7 Å². The molecule has 0 unspecified atom stereocenters. The normalized spacial score (nSPS) is 16.9. The number of carbonyl (C=O) groups is 2. The molecule has 3 aromatic rings. The Morgan fingerprint density at radius 1 is 1.10 bits per heavy atom. The highest BCUT2D eigenvalue weighted by atomic mass is 16.4. The number of carbonyl (C=O) groups excluding carboxylic acids is 1. The van der Waals surface area contributed by atoms with Crippen molar-refractivity contribution in [3.05, 3.63) is 65.5 Å². The monoisotopic (exact) mass is 393 g/mol. The van der Waals surface area contributed by atoms with E-state index in [1.54, 1.807) is 24.5 Å². The van der Waals surface area contributed by atoms with Crippen molar-refractivity contribution in [1.82, 2.24) is 14.5 Å². The number of aliphatic hydroxyl groups excluding tert-OH is 1. The van der Waals surface area contributed by atoms with Gasteiger partial charge in [-0.05, 0) is 48.7 Å². The van der Waals surface area contributed by atoms with E-state index in [2.05, 4.69) is 4.98 Å². The van der Waals surface area contributed by atoms with Gasteiger partial charge in [-0.2, -0.15) is 0 Å². The van der Waals surface area contributed by atoms with Gasteiger partial charge in [0, 0.05) is 31.1 Å². The number of aromatic carboxylic acids is 1. The topological polar surface area (TPSA) is 95.7 Å². The first-order chi connectivity index (χ1) is 14.1. The van der Waals surface area contributed by atoms with Crippen molar-refractivity contribution >= 4 is 22.9 Å². The molecule has 7 heteroatoms. The number of piperidine rings is 1. The van der Waals surface area contributed by atoms with Crippen LogP contribution in [0.4, 0.5) is 0 Å². The van der Waals surface area contributed by atoms with Gasteiger partial charge in [-0.3, -0.25) is 4.79 Å². The Morgan fingerprint density at radius 2 is 1.86 bits per heavy atom. The minimum absolute atomic E-state index is 0.0181. The summed E-state index contributed by atoms with van der Waals surface area (Å²) in [7, 11) is 0. The van der Waals surface area contributed by atoms with E-state index in [1.807, 2.05) is 33.7 Å². The Balaban J connectivity index is 1.51. The zero-order chi connectivity index (χ0) is 20.4. The number of carboxylic acids is 1. The minimum Gasteiger partial charge on any atom is -0.478 e. The van der Waals surface area contributed by atoms with Gasteiger partial charge in [-0.25, -0.2) is 9.78 Å². The zero-order valence-corrected chi connectivity index (χ0v) is 16.0. The van der Waals surface area contributed by atoms with Crippen molar-refractivity contribution in [1.29, 1.82) is 0 Å². The predicted octanol–water partition coefficient (Wildman–Crippen LogP) is 2.75. The standard InChI is InChI=1S/C22H23N3O4/c26-11-10-25-14-23-19-12-17(7-8-20(19)25)21(27)24-9-1-2-18(13-24)15-3-5-16(6-4-15)22(28)29/h3-8,12,14,18,26H,1-2,9-11,13H2,(H,28,29)/t18-/m0/s1. The van der Waals surface area contributed by atoms with Gasteiger partial charge in [-0.15, -0.1) is 0 Å². The molecule has 1 saturated heterocycles. The second-order valence-corrected chi connectivity index (χ2v) is 7.38. The first-order valence-electron chi connectivity index (χ1n) is 9.75. The third-order valence-corrected chi connectivity index (χ3v) is 5.55. The number of imidazole rings is 1. The third kappa shape index (κ3) is 3.86. The van der Waals surface area contributed by atoms with Crippen LogP contribution in [0.3, 0.4) is 0 Å². The Kier molecular flexibility index (Phi) is 5.31. The summed E-state index contributed by atoms with van der Waals surface area (Å²) in [5.74, 6) is -0.757. The van der Waals surface area contributed by atoms with Gasteiger partial charge in [0.25, 0.3) is 5.91 Å². The van der Waals surface area contributed by atoms with Crippen LogP contribution in [-0.2, 0) is 6.54 Å². The molecule has 0 radical (unpaired) electrons. The summed E-state index contributed by atoms with van der Waals surface area (Å²) in [6, 6.07) is 12.4. The Morgan fingerprint density at radius 3 is 2.59 bits per heavy atom. The highest BCUT2D eigenvalue weighted by Gasteiger charge is 2.26. The van der Waals surface area contributed by atoms with E-state index in [4.69, 9.17) is 10.2 Å². The molecule has 2 aromatic carbocycles. The average Bonchev–Trinajstić information content (AvgIpc) is 3.16. The molecule has 1 atom stereocenters. The quantitative estimate of drug-likeness (QED) is 0.695. The summed E-state index contributed by atoms with van der Waals surface area (Å²) in [5, 5.41) is 18.2. The second-order valence-electron chi connectivity index (χ2n) is 7.38.